The lowest BCUT2D eigenvalue weighted by Crippen LogP contribution is -2.47. The van der Waals surface area contributed by atoms with Crippen molar-refractivity contribution in [1.82, 2.24) is 19.6 Å². The van der Waals surface area contributed by atoms with E-state index in [1.807, 2.05) is 23.2 Å². The molecule has 166 valence electrons. The number of nitrogens with zero attached hydrogens (tertiary/aromatic N) is 1. The number of aryl methyl sites for hydroxylation is 2. The summed E-state index contributed by atoms with van der Waals surface area (Å²) in [6.07, 6.45) is 3.92. The highest BCUT2D eigenvalue weighted by Gasteiger charge is 2.36. The number of benzene rings is 1. The van der Waals surface area contributed by atoms with Crippen LogP contribution in [0.5, 0.6) is 0 Å². The molecule has 10 heteroatoms. The number of hydrogen-bond donors (Lipinski definition) is 3. The SMILES string of the molecule is Cc1[nH]c(=O)[nH]c(=O)c1S(=O)(=O)N1CCC[C@H](C(=O)N[C@H]2CCCc3ccccc32)C1. The smallest absolute Gasteiger partial charge is 0.325 e. The highest BCUT2D eigenvalue weighted by atomic mass is 32.2. The first-order valence-electron chi connectivity index (χ1n) is 10.5. The minimum atomic E-state index is -4.15. The normalized spacial score (nSPS) is 22.0. The van der Waals surface area contributed by atoms with Crippen molar-refractivity contribution in [1.29, 1.82) is 0 Å². The summed E-state index contributed by atoms with van der Waals surface area (Å²) in [6, 6.07) is 7.98. The zero-order valence-corrected chi connectivity index (χ0v) is 18.1. The van der Waals surface area contributed by atoms with Crippen molar-refractivity contribution in [2.24, 2.45) is 5.92 Å². The zero-order chi connectivity index (χ0) is 22.2. The van der Waals surface area contributed by atoms with Gasteiger partial charge in [-0.05, 0) is 50.2 Å². The summed E-state index contributed by atoms with van der Waals surface area (Å²) in [6.45, 7) is 1.59. The number of nitrogens with one attached hydrogen (secondary N) is 3. The van der Waals surface area contributed by atoms with Crippen LogP contribution >= 0.6 is 0 Å². The number of piperidine rings is 1. The molecule has 0 radical (unpaired) electrons. The molecule has 0 spiro atoms. The van der Waals surface area contributed by atoms with Gasteiger partial charge >= 0.3 is 5.69 Å². The van der Waals surface area contributed by atoms with Crippen molar-refractivity contribution in [2.75, 3.05) is 13.1 Å². The van der Waals surface area contributed by atoms with Crippen LogP contribution in [0.4, 0.5) is 0 Å². The Bertz CT molecular complexity index is 1220. The van der Waals surface area contributed by atoms with Crippen LogP contribution in [0, 0.1) is 12.8 Å². The van der Waals surface area contributed by atoms with Gasteiger partial charge in [0.25, 0.3) is 5.56 Å². The maximum atomic E-state index is 13.1. The van der Waals surface area contributed by atoms with Crippen LogP contribution < -0.4 is 16.6 Å². The van der Waals surface area contributed by atoms with Gasteiger partial charge in [0.2, 0.25) is 15.9 Å². The summed E-state index contributed by atoms with van der Waals surface area (Å²) in [7, 11) is -4.15. The number of amides is 1. The maximum Gasteiger partial charge on any atom is 0.325 e. The molecule has 1 aromatic heterocycles. The predicted octanol–water partition coefficient (Wildman–Crippen LogP) is 0.966. The molecule has 2 aromatic rings. The van der Waals surface area contributed by atoms with E-state index in [1.165, 1.54) is 16.8 Å². The van der Waals surface area contributed by atoms with E-state index in [9.17, 15) is 22.8 Å². The molecule has 0 unspecified atom stereocenters. The van der Waals surface area contributed by atoms with Gasteiger partial charge in [0.15, 0.2) is 4.90 Å². The Morgan fingerprint density at radius 2 is 1.90 bits per heavy atom. The molecule has 2 heterocycles. The molecule has 9 nitrogen and oxygen atoms in total. The molecule has 1 aliphatic carbocycles. The number of carbonyl (C=O) groups excluding carboxylic acids is 1. The Morgan fingerprint density at radius 1 is 1.13 bits per heavy atom. The fraction of sp³-hybridized carbons (Fsp3) is 0.476. The molecule has 31 heavy (non-hydrogen) atoms. The van der Waals surface area contributed by atoms with E-state index in [-0.39, 0.29) is 30.7 Å². The molecule has 1 saturated heterocycles. The fourth-order valence-corrected chi connectivity index (χ4v) is 6.32. The molecule has 4 rings (SSSR count). The maximum absolute atomic E-state index is 13.1. The van der Waals surface area contributed by atoms with Crippen LogP contribution in [0.3, 0.4) is 0 Å². The molecule has 2 atom stereocenters. The third kappa shape index (κ3) is 4.22. The molecule has 1 aromatic carbocycles. The van der Waals surface area contributed by atoms with E-state index in [0.717, 1.165) is 24.8 Å². The van der Waals surface area contributed by atoms with E-state index in [1.54, 1.807) is 0 Å². The van der Waals surface area contributed by atoms with Crippen molar-refractivity contribution < 1.29 is 13.2 Å². The van der Waals surface area contributed by atoms with Gasteiger partial charge in [-0.3, -0.25) is 14.6 Å². The number of H-pyrrole nitrogens is 2. The van der Waals surface area contributed by atoms with Crippen LogP contribution in [-0.2, 0) is 21.2 Å². The van der Waals surface area contributed by atoms with Gasteiger partial charge in [0.1, 0.15) is 0 Å². The van der Waals surface area contributed by atoms with Crippen molar-refractivity contribution in [2.45, 2.75) is 50.0 Å². The van der Waals surface area contributed by atoms with Crippen molar-refractivity contribution in [3.8, 4) is 0 Å². The quantitative estimate of drug-likeness (QED) is 0.644. The number of aromatic nitrogens is 2. The standard InChI is InChI=1S/C21H26N4O5S/c1-13-18(20(27)24-21(28)22-13)31(29,30)25-11-5-8-15(12-25)19(26)23-17-10-4-7-14-6-2-3-9-16(14)17/h2-3,6,9,15,17H,4-5,7-8,10-12H2,1H3,(H,23,26)(H2,22,24,27,28)/t15-,17-/m0/s1. The van der Waals surface area contributed by atoms with E-state index < -0.39 is 32.1 Å². The molecule has 1 amide bonds. The van der Waals surface area contributed by atoms with E-state index in [0.29, 0.717) is 12.8 Å². The van der Waals surface area contributed by atoms with E-state index in [4.69, 9.17) is 0 Å². The Morgan fingerprint density at radius 3 is 2.68 bits per heavy atom. The summed E-state index contributed by atoms with van der Waals surface area (Å²) >= 11 is 0. The van der Waals surface area contributed by atoms with Crippen LogP contribution in [-0.4, -0.2) is 41.7 Å². The summed E-state index contributed by atoms with van der Waals surface area (Å²) in [5, 5.41) is 3.11. The number of aromatic amines is 2. The first kappa shape index (κ1) is 21.5. The third-order valence-electron chi connectivity index (χ3n) is 6.11. The van der Waals surface area contributed by atoms with Crippen LogP contribution in [0.2, 0.25) is 0 Å². The first-order chi connectivity index (χ1) is 14.8. The molecule has 0 bridgehead atoms. The number of sulfonamides is 1. The second-order valence-electron chi connectivity index (χ2n) is 8.22. The molecule has 3 N–H and O–H groups in total. The van der Waals surface area contributed by atoms with Gasteiger partial charge in [0.05, 0.1) is 12.0 Å². The van der Waals surface area contributed by atoms with Crippen LogP contribution in [0.15, 0.2) is 38.8 Å². The van der Waals surface area contributed by atoms with E-state index >= 15 is 0 Å². The lowest BCUT2D eigenvalue weighted by molar-refractivity contribution is -0.127. The van der Waals surface area contributed by atoms with E-state index in [2.05, 4.69) is 16.4 Å². The third-order valence-corrected chi connectivity index (χ3v) is 8.13. The summed E-state index contributed by atoms with van der Waals surface area (Å²) in [5.74, 6) is -0.673. The highest BCUT2D eigenvalue weighted by Crippen LogP contribution is 2.30. The Hall–Kier alpha value is -2.72. The van der Waals surface area contributed by atoms with Gasteiger partial charge in [0, 0.05) is 18.8 Å². The summed E-state index contributed by atoms with van der Waals surface area (Å²) < 4.78 is 27.4. The molecule has 1 aliphatic heterocycles. The van der Waals surface area contributed by atoms with Crippen molar-refractivity contribution in [3.05, 3.63) is 61.9 Å². The minimum Gasteiger partial charge on any atom is -0.349 e. The lowest BCUT2D eigenvalue weighted by Gasteiger charge is -2.33. The highest BCUT2D eigenvalue weighted by molar-refractivity contribution is 7.89. The van der Waals surface area contributed by atoms with Crippen LogP contribution in [0.1, 0.15) is 48.5 Å². The second kappa shape index (κ2) is 8.43. The van der Waals surface area contributed by atoms with Gasteiger partial charge in [-0.25, -0.2) is 13.2 Å². The van der Waals surface area contributed by atoms with Crippen molar-refractivity contribution in [3.63, 3.8) is 0 Å². The molecule has 2 aliphatic rings. The number of hydrogen-bond acceptors (Lipinski definition) is 5. The summed E-state index contributed by atoms with van der Waals surface area (Å²) in [4.78, 5) is 40.4. The zero-order valence-electron chi connectivity index (χ0n) is 17.3. The lowest BCUT2D eigenvalue weighted by atomic mass is 9.87. The first-order valence-corrected chi connectivity index (χ1v) is 11.9. The monoisotopic (exact) mass is 446 g/mol. The van der Waals surface area contributed by atoms with Gasteiger partial charge in [-0.2, -0.15) is 4.31 Å². The molecular weight excluding hydrogens is 420 g/mol. The fourth-order valence-electron chi connectivity index (χ4n) is 4.60. The molecule has 0 saturated carbocycles. The Balaban J connectivity index is 1.52. The second-order valence-corrected chi connectivity index (χ2v) is 10.1. The molecular formula is C21H26N4O5S. The van der Waals surface area contributed by atoms with Gasteiger partial charge in [-0.1, -0.05) is 24.3 Å². The average Bonchev–Trinajstić information content (AvgIpc) is 2.73. The molecule has 1 fully saturated rings. The summed E-state index contributed by atoms with van der Waals surface area (Å²) in [5.41, 5.74) is 0.633. The number of fused-ring (bicyclic) bond motifs is 1. The predicted molar refractivity (Wildman–Crippen MR) is 114 cm³/mol. The van der Waals surface area contributed by atoms with Gasteiger partial charge < -0.3 is 10.3 Å². The van der Waals surface area contributed by atoms with Gasteiger partial charge in [-0.15, -0.1) is 0 Å². The van der Waals surface area contributed by atoms with Crippen molar-refractivity contribution >= 4 is 15.9 Å². The van der Waals surface area contributed by atoms with Crippen LogP contribution in [0.25, 0.3) is 0 Å². The minimum absolute atomic E-state index is 0.000536. The largest absolute Gasteiger partial charge is 0.349 e. The number of carbonyl (C=O) groups is 1. The Kier molecular flexibility index (Phi) is 5.85. The Labute approximate surface area is 179 Å². The number of rotatable bonds is 4. The average molecular weight is 447 g/mol. The topological polar surface area (TPSA) is 132 Å².